The number of carbonyl (C=O) groups is 1. The molecule has 0 bridgehead atoms. The van der Waals surface area contributed by atoms with Crippen molar-refractivity contribution in [3.8, 4) is 11.5 Å². The molecule has 0 aromatic heterocycles. The summed E-state index contributed by atoms with van der Waals surface area (Å²) in [6.07, 6.45) is 0. The van der Waals surface area contributed by atoms with Crippen LogP contribution < -0.4 is 4.74 Å². The predicted octanol–water partition coefficient (Wildman–Crippen LogP) is 3.36. The fraction of sp³-hybridized carbons (Fsp3) is 0. The Hall–Kier alpha value is -3.03. The van der Waals surface area contributed by atoms with Gasteiger partial charge in [0.2, 0.25) is 5.75 Å². The molecule has 0 aliphatic heterocycles. The molecule has 2 aromatic carbocycles. The zero-order valence-electron chi connectivity index (χ0n) is 10.2. The van der Waals surface area contributed by atoms with Crippen molar-refractivity contribution in [2.75, 3.05) is 0 Å². The van der Waals surface area contributed by atoms with E-state index < -0.39 is 33.8 Å². The molecular weight excluding hydrogens is 288 g/mol. The van der Waals surface area contributed by atoms with Crippen LogP contribution in [0.15, 0.2) is 36.4 Å². The molecule has 0 heterocycles. The molecule has 0 aliphatic carbocycles. The Morgan fingerprint density at radius 2 is 1.90 bits per heavy atom. The maximum absolute atomic E-state index is 13.5. The molecule has 0 aliphatic rings. The summed E-state index contributed by atoms with van der Waals surface area (Å²) >= 11 is 0. The van der Waals surface area contributed by atoms with Crippen molar-refractivity contribution >= 4 is 11.7 Å². The second-order valence-corrected chi connectivity index (χ2v) is 3.92. The third-order valence-electron chi connectivity index (χ3n) is 2.52. The van der Waals surface area contributed by atoms with Gasteiger partial charge in [-0.05, 0) is 24.3 Å². The van der Waals surface area contributed by atoms with Crippen LogP contribution in [0.1, 0.15) is 10.4 Å². The minimum atomic E-state index is -1.45. The maximum Gasteiger partial charge on any atom is 0.338 e. The summed E-state index contributed by atoms with van der Waals surface area (Å²) in [7, 11) is 0. The molecule has 0 saturated carbocycles. The van der Waals surface area contributed by atoms with Crippen LogP contribution in [0.4, 0.5) is 14.5 Å². The van der Waals surface area contributed by atoms with Crippen molar-refractivity contribution in [2.45, 2.75) is 0 Å². The number of rotatable bonds is 4. The summed E-state index contributed by atoms with van der Waals surface area (Å²) in [6, 6.07) is 5.51. The van der Waals surface area contributed by atoms with E-state index in [0.29, 0.717) is 6.07 Å². The number of carboxylic acids is 1. The highest BCUT2D eigenvalue weighted by molar-refractivity contribution is 5.88. The smallest absolute Gasteiger partial charge is 0.338 e. The summed E-state index contributed by atoms with van der Waals surface area (Å²) in [5, 5.41) is 19.5. The number of hydrogen-bond donors (Lipinski definition) is 1. The first-order chi connectivity index (χ1) is 9.88. The van der Waals surface area contributed by atoms with Crippen LogP contribution in [0, 0.1) is 21.7 Å². The lowest BCUT2D eigenvalue weighted by Crippen LogP contribution is -2.00. The second-order valence-electron chi connectivity index (χ2n) is 3.92. The maximum atomic E-state index is 13.5. The topological polar surface area (TPSA) is 89.7 Å². The van der Waals surface area contributed by atoms with Gasteiger partial charge in [0, 0.05) is 6.07 Å². The minimum Gasteiger partial charge on any atom is -0.478 e. The van der Waals surface area contributed by atoms with Crippen LogP contribution in [0.5, 0.6) is 11.5 Å². The molecule has 8 heteroatoms. The molecule has 108 valence electrons. The van der Waals surface area contributed by atoms with Gasteiger partial charge in [-0.15, -0.1) is 0 Å². The van der Waals surface area contributed by atoms with Crippen molar-refractivity contribution in [1.82, 2.24) is 0 Å². The Balaban J connectivity index is 2.37. The number of nitro groups is 1. The standard InChI is InChI=1S/C13H7F2NO5/c14-7-1-4-12(11(5-7)16(19)20)21-8-2-3-9(13(17)18)10(15)6-8/h1-6H,(H,17,18). The number of nitrogens with zero attached hydrogens (tertiary/aromatic N) is 1. The number of benzene rings is 2. The number of carboxylic acid groups (broad SMARTS) is 1. The summed E-state index contributed by atoms with van der Waals surface area (Å²) in [6.45, 7) is 0. The van der Waals surface area contributed by atoms with Gasteiger partial charge in [0.15, 0.2) is 0 Å². The molecule has 0 fully saturated rings. The van der Waals surface area contributed by atoms with E-state index in [1.807, 2.05) is 0 Å². The molecule has 1 N–H and O–H groups in total. The lowest BCUT2D eigenvalue weighted by Gasteiger charge is -2.07. The van der Waals surface area contributed by atoms with E-state index in [4.69, 9.17) is 9.84 Å². The molecule has 0 spiro atoms. The van der Waals surface area contributed by atoms with Gasteiger partial charge < -0.3 is 9.84 Å². The normalized spacial score (nSPS) is 10.2. The van der Waals surface area contributed by atoms with Gasteiger partial charge in [-0.2, -0.15) is 0 Å². The molecule has 21 heavy (non-hydrogen) atoms. The fourth-order valence-corrected chi connectivity index (χ4v) is 1.58. The van der Waals surface area contributed by atoms with Crippen molar-refractivity contribution in [2.24, 2.45) is 0 Å². The van der Waals surface area contributed by atoms with Crippen molar-refractivity contribution in [3.63, 3.8) is 0 Å². The quantitative estimate of drug-likeness (QED) is 0.690. The molecule has 0 amide bonds. The van der Waals surface area contributed by atoms with Crippen LogP contribution in [-0.2, 0) is 0 Å². The largest absolute Gasteiger partial charge is 0.478 e. The van der Waals surface area contributed by atoms with Gasteiger partial charge in [-0.25, -0.2) is 13.6 Å². The van der Waals surface area contributed by atoms with Crippen LogP contribution in [0.3, 0.4) is 0 Å². The van der Waals surface area contributed by atoms with Crippen molar-refractivity contribution in [1.29, 1.82) is 0 Å². The van der Waals surface area contributed by atoms with Crippen LogP contribution in [0.25, 0.3) is 0 Å². The van der Waals surface area contributed by atoms with Gasteiger partial charge in [0.25, 0.3) is 0 Å². The molecule has 0 atom stereocenters. The van der Waals surface area contributed by atoms with Crippen LogP contribution >= 0.6 is 0 Å². The van der Waals surface area contributed by atoms with E-state index in [-0.39, 0.29) is 11.5 Å². The highest BCUT2D eigenvalue weighted by atomic mass is 19.1. The highest BCUT2D eigenvalue weighted by Gasteiger charge is 2.18. The lowest BCUT2D eigenvalue weighted by molar-refractivity contribution is -0.385. The van der Waals surface area contributed by atoms with Crippen LogP contribution in [0.2, 0.25) is 0 Å². The van der Waals surface area contributed by atoms with Gasteiger partial charge in [0.1, 0.15) is 17.4 Å². The Morgan fingerprint density at radius 1 is 1.19 bits per heavy atom. The molecule has 6 nitrogen and oxygen atoms in total. The van der Waals surface area contributed by atoms with Gasteiger partial charge in [-0.3, -0.25) is 10.1 Å². The monoisotopic (exact) mass is 295 g/mol. The molecule has 0 unspecified atom stereocenters. The SMILES string of the molecule is O=C(O)c1ccc(Oc2ccc(F)cc2[N+](=O)[O-])cc1F. The van der Waals surface area contributed by atoms with E-state index in [9.17, 15) is 23.7 Å². The average molecular weight is 295 g/mol. The third kappa shape index (κ3) is 3.11. The van der Waals surface area contributed by atoms with E-state index in [1.165, 1.54) is 0 Å². The minimum absolute atomic E-state index is 0.146. The number of aromatic carboxylic acids is 1. The number of hydrogen-bond acceptors (Lipinski definition) is 4. The first-order valence-electron chi connectivity index (χ1n) is 5.53. The molecule has 2 rings (SSSR count). The Bertz CT molecular complexity index is 732. The van der Waals surface area contributed by atoms with E-state index in [1.54, 1.807) is 0 Å². The summed E-state index contributed by atoms with van der Waals surface area (Å²) in [5.41, 5.74) is -1.19. The Kier molecular flexibility index (Phi) is 3.79. The second kappa shape index (κ2) is 5.53. The first-order valence-corrected chi connectivity index (χ1v) is 5.53. The number of nitro benzene ring substituents is 1. The van der Waals surface area contributed by atoms with Crippen molar-refractivity contribution in [3.05, 3.63) is 63.7 Å². The fourth-order valence-electron chi connectivity index (χ4n) is 1.58. The first kappa shape index (κ1) is 14.4. The van der Waals surface area contributed by atoms with Gasteiger partial charge >= 0.3 is 11.7 Å². The number of halogens is 2. The summed E-state index contributed by atoms with van der Waals surface area (Å²) < 4.78 is 31.5. The summed E-state index contributed by atoms with van der Waals surface area (Å²) in [4.78, 5) is 20.6. The lowest BCUT2D eigenvalue weighted by atomic mass is 10.2. The molecule has 2 aromatic rings. The predicted molar refractivity (Wildman–Crippen MR) is 66.5 cm³/mol. The Morgan fingerprint density at radius 3 is 2.48 bits per heavy atom. The van der Waals surface area contributed by atoms with Gasteiger partial charge in [-0.1, -0.05) is 0 Å². The third-order valence-corrected chi connectivity index (χ3v) is 2.52. The highest BCUT2D eigenvalue weighted by Crippen LogP contribution is 2.32. The van der Waals surface area contributed by atoms with E-state index in [0.717, 1.165) is 30.3 Å². The molecule has 0 saturated heterocycles. The zero-order chi connectivity index (χ0) is 15.6. The van der Waals surface area contributed by atoms with E-state index in [2.05, 4.69) is 0 Å². The average Bonchev–Trinajstić information content (AvgIpc) is 2.40. The van der Waals surface area contributed by atoms with Crippen LogP contribution in [-0.4, -0.2) is 16.0 Å². The Labute approximate surface area is 116 Å². The molecular formula is C13H7F2NO5. The summed E-state index contributed by atoms with van der Waals surface area (Å²) in [5.74, 6) is -3.76. The van der Waals surface area contributed by atoms with Crippen molar-refractivity contribution < 1.29 is 28.3 Å². The number of ether oxygens (including phenoxy) is 1. The van der Waals surface area contributed by atoms with Gasteiger partial charge in [0.05, 0.1) is 16.6 Å². The van der Waals surface area contributed by atoms with E-state index >= 15 is 0 Å². The zero-order valence-corrected chi connectivity index (χ0v) is 10.2. The molecule has 0 radical (unpaired) electrons.